The van der Waals surface area contributed by atoms with Gasteiger partial charge in [0.25, 0.3) is 0 Å². The second kappa shape index (κ2) is 5.36. The van der Waals surface area contributed by atoms with Gasteiger partial charge in [-0.05, 0) is 73.2 Å². The molecule has 0 saturated heterocycles. The van der Waals surface area contributed by atoms with E-state index in [0.717, 1.165) is 50.5 Å². The summed E-state index contributed by atoms with van der Waals surface area (Å²) in [7, 11) is 0. The van der Waals surface area contributed by atoms with Crippen molar-refractivity contribution in [2.45, 2.75) is 78.2 Å². The maximum atomic E-state index is 11.9. The first kappa shape index (κ1) is 16.0. The summed E-state index contributed by atoms with van der Waals surface area (Å²) in [6.07, 6.45) is 7.34. The lowest BCUT2D eigenvalue weighted by atomic mass is 9.55. The lowest BCUT2D eigenvalue weighted by Gasteiger charge is -2.50. The Morgan fingerprint density at radius 3 is 2.55 bits per heavy atom. The highest BCUT2D eigenvalue weighted by Gasteiger charge is 2.53. The Morgan fingerprint density at radius 1 is 1.14 bits per heavy atom. The van der Waals surface area contributed by atoms with E-state index >= 15 is 0 Å². The number of hydrogen-bond donors (Lipinski definition) is 2. The van der Waals surface area contributed by atoms with Crippen LogP contribution in [0.1, 0.15) is 72.1 Å². The second-order valence-corrected chi connectivity index (χ2v) is 8.29. The summed E-state index contributed by atoms with van der Waals surface area (Å²) in [6, 6.07) is 0. The van der Waals surface area contributed by atoms with Crippen LogP contribution < -0.4 is 0 Å². The van der Waals surface area contributed by atoms with Gasteiger partial charge < -0.3 is 10.2 Å². The summed E-state index contributed by atoms with van der Waals surface area (Å²) >= 11 is 0. The molecule has 0 aromatic carbocycles. The SMILES string of the molecule is CCC1=C(O)C(=O)CCC1(C)C1CCC2(C)C(O)CCC2C1. The molecule has 0 spiro atoms. The monoisotopic (exact) mass is 306 g/mol. The molecule has 0 aliphatic heterocycles. The number of allylic oxidation sites excluding steroid dienone is 2. The molecule has 3 nitrogen and oxygen atoms in total. The molecule has 0 aromatic heterocycles. The zero-order valence-corrected chi connectivity index (χ0v) is 14.2. The molecule has 0 bridgehead atoms. The fourth-order valence-electron chi connectivity index (χ4n) is 5.68. The molecule has 0 heterocycles. The molecule has 2 fully saturated rings. The molecule has 3 aliphatic rings. The van der Waals surface area contributed by atoms with E-state index in [2.05, 4.69) is 20.8 Å². The van der Waals surface area contributed by atoms with Crippen molar-refractivity contribution < 1.29 is 15.0 Å². The minimum absolute atomic E-state index is 0.0401. The quantitative estimate of drug-likeness (QED) is 0.805. The van der Waals surface area contributed by atoms with Gasteiger partial charge in [0.2, 0.25) is 0 Å². The van der Waals surface area contributed by atoms with Crippen molar-refractivity contribution in [1.29, 1.82) is 0 Å². The zero-order valence-electron chi connectivity index (χ0n) is 14.2. The molecule has 2 saturated carbocycles. The smallest absolute Gasteiger partial charge is 0.197 e. The molecule has 22 heavy (non-hydrogen) atoms. The molecule has 2 N–H and O–H groups in total. The van der Waals surface area contributed by atoms with Gasteiger partial charge in [-0.3, -0.25) is 4.79 Å². The third kappa shape index (κ3) is 2.16. The number of aliphatic hydroxyl groups is 2. The number of Topliss-reactive ketones (excluding diaryl/α,β-unsaturated/α-hetero) is 1. The number of ketones is 1. The van der Waals surface area contributed by atoms with Crippen molar-refractivity contribution >= 4 is 5.78 Å². The summed E-state index contributed by atoms with van der Waals surface area (Å²) in [5.74, 6) is 1.10. The molecule has 0 radical (unpaired) electrons. The number of carbonyl (C=O) groups is 1. The molecular weight excluding hydrogens is 276 g/mol. The van der Waals surface area contributed by atoms with E-state index in [1.54, 1.807) is 0 Å². The van der Waals surface area contributed by atoms with E-state index in [1.807, 2.05) is 0 Å². The third-order valence-corrected chi connectivity index (χ3v) is 7.45. The topological polar surface area (TPSA) is 57.5 Å². The molecule has 3 rings (SSSR count). The third-order valence-electron chi connectivity index (χ3n) is 7.45. The average molecular weight is 306 g/mol. The van der Waals surface area contributed by atoms with Crippen LogP contribution in [0.25, 0.3) is 0 Å². The van der Waals surface area contributed by atoms with Crippen LogP contribution >= 0.6 is 0 Å². The minimum atomic E-state index is -0.145. The summed E-state index contributed by atoms with van der Waals surface area (Å²) in [5.41, 5.74) is 1.03. The number of carbonyl (C=O) groups excluding carboxylic acids is 1. The van der Waals surface area contributed by atoms with Gasteiger partial charge in [-0.1, -0.05) is 20.8 Å². The summed E-state index contributed by atoms with van der Waals surface area (Å²) in [4.78, 5) is 11.9. The molecule has 3 aliphatic carbocycles. The predicted molar refractivity (Wildman–Crippen MR) is 86.5 cm³/mol. The maximum Gasteiger partial charge on any atom is 0.197 e. The Hall–Kier alpha value is -0.830. The van der Waals surface area contributed by atoms with Crippen LogP contribution in [0.5, 0.6) is 0 Å². The minimum Gasteiger partial charge on any atom is -0.504 e. The van der Waals surface area contributed by atoms with Crippen LogP contribution in [0, 0.1) is 22.7 Å². The fraction of sp³-hybridized carbons (Fsp3) is 0.842. The Morgan fingerprint density at radius 2 is 1.86 bits per heavy atom. The lowest BCUT2D eigenvalue weighted by molar-refractivity contribution is -0.120. The van der Waals surface area contributed by atoms with Crippen molar-refractivity contribution in [3.8, 4) is 0 Å². The van der Waals surface area contributed by atoms with Crippen molar-refractivity contribution in [2.75, 3.05) is 0 Å². The van der Waals surface area contributed by atoms with E-state index in [9.17, 15) is 15.0 Å². The van der Waals surface area contributed by atoms with E-state index in [4.69, 9.17) is 0 Å². The van der Waals surface area contributed by atoms with Crippen molar-refractivity contribution in [3.63, 3.8) is 0 Å². The molecule has 5 atom stereocenters. The number of rotatable bonds is 2. The van der Waals surface area contributed by atoms with Gasteiger partial charge in [0, 0.05) is 6.42 Å². The molecule has 5 unspecified atom stereocenters. The molecule has 3 heteroatoms. The fourth-order valence-corrected chi connectivity index (χ4v) is 5.68. The van der Waals surface area contributed by atoms with E-state index in [-0.39, 0.29) is 28.5 Å². The van der Waals surface area contributed by atoms with Crippen molar-refractivity contribution in [1.82, 2.24) is 0 Å². The van der Waals surface area contributed by atoms with Crippen LogP contribution in [-0.2, 0) is 4.79 Å². The Bertz CT molecular complexity index is 509. The summed E-state index contributed by atoms with van der Waals surface area (Å²) in [5, 5.41) is 20.6. The van der Waals surface area contributed by atoms with Crippen LogP contribution in [0.3, 0.4) is 0 Å². The van der Waals surface area contributed by atoms with Gasteiger partial charge in [0.1, 0.15) is 0 Å². The molecular formula is C19H30O3. The van der Waals surface area contributed by atoms with E-state index in [0.29, 0.717) is 18.3 Å². The van der Waals surface area contributed by atoms with Gasteiger partial charge in [-0.15, -0.1) is 0 Å². The van der Waals surface area contributed by atoms with Gasteiger partial charge in [-0.2, -0.15) is 0 Å². The average Bonchev–Trinajstić information content (AvgIpc) is 2.79. The normalized spacial score (nSPS) is 46.0. The number of aliphatic hydroxyl groups excluding tert-OH is 2. The summed E-state index contributed by atoms with van der Waals surface area (Å²) in [6.45, 7) is 6.56. The highest BCUT2D eigenvalue weighted by molar-refractivity contribution is 5.95. The van der Waals surface area contributed by atoms with Gasteiger partial charge >= 0.3 is 0 Å². The Balaban J connectivity index is 1.87. The Labute approximate surface area is 133 Å². The first-order valence-electron chi connectivity index (χ1n) is 8.96. The van der Waals surface area contributed by atoms with Crippen LogP contribution in [0.4, 0.5) is 0 Å². The van der Waals surface area contributed by atoms with Crippen LogP contribution in [0.2, 0.25) is 0 Å². The standard InChI is InChI=1S/C19H30O3/c1-4-14-17(22)15(20)8-10-18(14,2)13-7-9-19(3)12(11-13)5-6-16(19)21/h12-13,16,21-22H,4-11H2,1-3H3. The lowest BCUT2D eigenvalue weighted by Crippen LogP contribution is -2.44. The van der Waals surface area contributed by atoms with E-state index in [1.165, 1.54) is 0 Å². The highest BCUT2D eigenvalue weighted by Crippen LogP contribution is 2.59. The number of fused-ring (bicyclic) bond motifs is 1. The second-order valence-electron chi connectivity index (χ2n) is 8.29. The van der Waals surface area contributed by atoms with Crippen molar-refractivity contribution in [2.24, 2.45) is 22.7 Å². The largest absolute Gasteiger partial charge is 0.504 e. The predicted octanol–water partition coefficient (Wildman–Crippen LogP) is 4.16. The van der Waals surface area contributed by atoms with Crippen LogP contribution in [0.15, 0.2) is 11.3 Å². The van der Waals surface area contributed by atoms with E-state index < -0.39 is 0 Å². The highest BCUT2D eigenvalue weighted by atomic mass is 16.3. The zero-order chi connectivity index (χ0) is 16.1. The van der Waals surface area contributed by atoms with Crippen molar-refractivity contribution in [3.05, 3.63) is 11.3 Å². The molecule has 124 valence electrons. The maximum absolute atomic E-state index is 11.9. The first-order chi connectivity index (χ1) is 10.3. The molecule has 0 amide bonds. The van der Waals surface area contributed by atoms with Crippen LogP contribution in [-0.4, -0.2) is 22.1 Å². The van der Waals surface area contributed by atoms with Gasteiger partial charge in [0.15, 0.2) is 11.5 Å². The first-order valence-corrected chi connectivity index (χ1v) is 8.96. The van der Waals surface area contributed by atoms with Gasteiger partial charge in [0.05, 0.1) is 6.10 Å². The Kier molecular flexibility index (Phi) is 3.91. The molecule has 0 aromatic rings. The van der Waals surface area contributed by atoms with Gasteiger partial charge in [-0.25, -0.2) is 0 Å². The summed E-state index contributed by atoms with van der Waals surface area (Å²) < 4.78 is 0. The number of hydrogen-bond acceptors (Lipinski definition) is 3.